The molecule has 2 heterocycles. The molecular weight excluding hydrogens is 400 g/mol. The van der Waals surface area contributed by atoms with Gasteiger partial charge in [-0.2, -0.15) is 0 Å². The third kappa shape index (κ3) is 5.10. The number of hydrogen-bond acceptors (Lipinski definition) is 6. The summed E-state index contributed by atoms with van der Waals surface area (Å²) in [6.45, 7) is 7.41. The van der Waals surface area contributed by atoms with Gasteiger partial charge in [0.2, 0.25) is 5.75 Å². The molecule has 30 heavy (non-hydrogen) atoms. The second-order valence-electron chi connectivity index (χ2n) is 6.27. The fourth-order valence-electron chi connectivity index (χ4n) is 3.01. The number of pyridine rings is 1. The molecule has 0 saturated carbocycles. The Morgan fingerprint density at radius 3 is 2.30 bits per heavy atom. The first-order valence-electron chi connectivity index (χ1n) is 10.00. The number of carbonyl (C=O) groups is 1. The van der Waals surface area contributed by atoms with Crippen LogP contribution >= 0.6 is 11.3 Å². The molecule has 0 atom stereocenters. The summed E-state index contributed by atoms with van der Waals surface area (Å²) in [5.74, 6) is 1.29. The molecule has 3 aromatic rings. The Bertz CT molecular complexity index is 946. The highest BCUT2D eigenvalue weighted by Gasteiger charge is 2.18. The van der Waals surface area contributed by atoms with Gasteiger partial charge in [0.1, 0.15) is 0 Å². The van der Waals surface area contributed by atoms with E-state index < -0.39 is 0 Å². The lowest BCUT2D eigenvalue weighted by molar-refractivity contribution is 0.0950. The van der Waals surface area contributed by atoms with E-state index in [2.05, 4.69) is 10.3 Å². The maximum atomic E-state index is 12.9. The van der Waals surface area contributed by atoms with Crippen LogP contribution in [0.2, 0.25) is 0 Å². The molecule has 2 aromatic heterocycles. The first-order chi connectivity index (χ1) is 14.7. The van der Waals surface area contributed by atoms with Crippen molar-refractivity contribution >= 4 is 17.2 Å². The van der Waals surface area contributed by atoms with E-state index in [1.54, 1.807) is 29.7 Å². The number of carbonyl (C=O) groups excluding carboxylic acids is 1. The number of ether oxygens (including phenoxy) is 3. The molecule has 0 unspecified atom stereocenters. The van der Waals surface area contributed by atoms with Crippen LogP contribution in [-0.2, 0) is 6.54 Å². The van der Waals surface area contributed by atoms with E-state index in [-0.39, 0.29) is 5.91 Å². The number of nitrogens with zero attached hydrogens (tertiary/aromatic N) is 1. The zero-order valence-electron chi connectivity index (χ0n) is 17.4. The van der Waals surface area contributed by atoms with E-state index in [0.717, 1.165) is 16.1 Å². The molecule has 0 aliphatic heterocycles. The van der Waals surface area contributed by atoms with E-state index in [1.165, 1.54) is 0 Å². The van der Waals surface area contributed by atoms with Crippen LogP contribution in [-0.4, -0.2) is 30.7 Å². The van der Waals surface area contributed by atoms with Crippen molar-refractivity contribution in [3.63, 3.8) is 0 Å². The zero-order valence-corrected chi connectivity index (χ0v) is 18.3. The lowest BCUT2D eigenvalue weighted by Gasteiger charge is -2.17. The molecule has 0 fully saturated rings. The Labute approximate surface area is 180 Å². The van der Waals surface area contributed by atoms with Crippen molar-refractivity contribution in [1.29, 1.82) is 0 Å². The van der Waals surface area contributed by atoms with E-state index >= 15 is 0 Å². The van der Waals surface area contributed by atoms with Crippen molar-refractivity contribution in [1.82, 2.24) is 10.3 Å². The van der Waals surface area contributed by atoms with Gasteiger partial charge in [0, 0.05) is 18.3 Å². The van der Waals surface area contributed by atoms with Crippen LogP contribution in [0.5, 0.6) is 17.2 Å². The molecule has 1 N–H and O–H groups in total. The molecule has 7 heteroatoms. The van der Waals surface area contributed by atoms with Crippen LogP contribution in [0.1, 0.15) is 36.7 Å². The van der Waals surface area contributed by atoms with E-state index in [0.29, 0.717) is 49.2 Å². The van der Waals surface area contributed by atoms with E-state index in [4.69, 9.17) is 14.2 Å². The maximum absolute atomic E-state index is 12.9. The number of thiophene rings is 1. The maximum Gasteiger partial charge on any atom is 0.251 e. The van der Waals surface area contributed by atoms with Crippen molar-refractivity contribution in [2.75, 3.05) is 19.8 Å². The minimum absolute atomic E-state index is 0.221. The second kappa shape index (κ2) is 10.6. The van der Waals surface area contributed by atoms with Crippen molar-refractivity contribution in [2.45, 2.75) is 27.3 Å². The molecule has 0 bridgehead atoms. The first kappa shape index (κ1) is 21.6. The van der Waals surface area contributed by atoms with Gasteiger partial charge in [-0.25, -0.2) is 0 Å². The highest BCUT2D eigenvalue weighted by molar-refractivity contribution is 7.13. The Morgan fingerprint density at radius 2 is 1.70 bits per heavy atom. The molecule has 1 aromatic carbocycles. The number of amides is 1. The molecule has 1 amide bonds. The van der Waals surface area contributed by atoms with Gasteiger partial charge < -0.3 is 19.5 Å². The predicted molar refractivity (Wildman–Crippen MR) is 119 cm³/mol. The van der Waals surface area contributed by atoms with Gasteiger partial charge in [0.15, 0.2) is 11.5 Å². The highest BCUT2D eigenvalue weighted by atomic mass is 32.1. The third-order valence-electron chi connectivity index (χ3n) is 4.26. The average Bonchev–Trinajstić information content (AvgIpc) is 3.29. The number of nitrogens with one attached hydrogen (secondary N) is 1. The minimum Gasteiger partial charge on any atom is -0.490 e. The van der Waals surface area contributed by atoms with Gasteiger partial charge in [-0.15, -0.1) is 11.3 Å². The predicted octanol–water partition coefficient (Wildman–Crippen LogP) is 4.94. The molecule has 0 saturated heterocycles. The number of rotatable bonds is 10. The van der Waals surface area contributed by atoms with Crippen LogP contribution in [0.15, 0.2) is 48.0 Å². The molecule has 3 rings (SSSR count). The normalized spacial score (nSPS) is 10.5. The van der Waals surface area contributed by atoms with Crippen molar-refractivity contribution < 1.29 is 19.0 Å². The highest BCUT2D eigenvalue weighted by Crippen LogP contribution is 2.39. The lowest BCUT2D eigenvalue weighted by atomic mass is 10.1. The Morgan fingerprint density at radius 1 is 1.00 bits per heavy atom. The van der Waals surface area contributed by atoms with Gasteiger partial charge in [0.25, 0.3) is 5.91 Å². The van der Waals surface area contributed by atoms with Crippen LogP contribution in [0, 0.1) is 0 Å². The van der Waals surface area contributed by atoms with Gasteiger partial charge in [-0.3, -0.25) is 9.78 Å². The summed E-state index contributed by atoms with van der Waals surface area (Å²) in [7, 11) is 0. The molecule has 158 valence electrons. The van der Waals surface area contributed by atoms with Gasteiger partial charge >= 0.3 is 0 Å². The fraction of sp³-hybridized carbons (Fsp3) is 0.304. The smallest absolute Gasteiger partial charge is 0.251 e. The zero-order chi connectivity index (χ0) is 21.3. The summed E-state index contributed by atoms with van der Waals surface area (Å²) < 4.78 is 17.1. The summed E-state index contributed by atoms with van der Waals surface area (Å²) in [5, 5.41) is 4.99. The van der Waals surface area contributed by atoms with E-state index in [1.807, 2.05) is 50.4 Å². The van der Waals surface area contributed by atoms with Gasteiger partial charge in [-0.05, 0) is 56.0 Å². The van der Waals surface area contributed by atoms with Crippen LogP contribution < -0.4 is 19.5 Å². The van der Waals surface area contributed by atoms with Crippen molar-refractivity contribution in [3.05, 3.63) is 59.1 Å². The largest absolute Gasteiger partial charge is 0.490 e. The summed E-state index contributed by atoms with van der Waals surface area (Å²) in [6.07, 6.45) is 1.76. The average molecular weight is 427 g/mol. The Hall–Kier alpha value is -3.06. The number of benzene rings is 1. The second-order valence-corrected chi connectivity index (χ2v) is 7.22. The lowest BCUT2D eigenvalue weighted by Crippen LogP contribution is -2.23. The SMILES string of the molecule is CCOc1cc(C(=O)NCc2cccnc2-c2cccs2)cc(OCC)c1OCC. The topological polar surface area (TPSA) is 69.7 Å². The molecule has 0 spiro atoms. The van der Waals surface area contributed by atoms with Crippen LogP contribution in [0.3, 0.4) is 0 Å². The van der Waals surface area contributed by atoms with Crippen molar-refractivity contribution in [2.24, 2.45) is 0 Å². The van der Waals surface area contributed by atoms with E-state index in [9.17, 15) is 4.79 Å². The fourth-order valence-corrected chi connectivity index (χ4v) is 3.77. The first-order valence-corrected chi connectivity index (χ1v) is 10.9. The summed E-state index contributed by atoms with van der Waals surface area (Å²) in [6, 6.07) is 11.2. The van der Waals surface area contributed by atoms with Crippen LogP contribution in [0.4, 0.5) is 0 Å². The summed E-state index contributed by atoms with van der Waals surface area (Å²) in [4.78, 5) is 18.5. The van der Waals surface area contributed by atoms with Crippen molar-refractivity contribution in [3.8, 4) is 27.8 Å². The molecule has 6 nitrogen and oxygen atoms in total. The minimum atomic E-state index is -0.221. The van der Waals surface area contributed by atoms with Crippen LogP contribution in [0.25, 0.3) is 10.6 Å². The number of hydrogen-bond donors (Lipinski definition) is 1. The monoisotopic (exact) mass is 426 g/mol. The molecule has 0 aliphatic carbocycles. The Balaban J connectivity index is 1.83. The third-order valence-corrected chi connectivity index (χ3v) is 5.13. The quantitative estimate of drug-likeness (QED) is 0.497. The van der Waals surface area contributed by atoms with Gasteiger partial charge in [-0.1, -0.05) is 12.1 Å². The summed E-state index contributed by atoms with van der Waals surface area (Å²) >= 11 is 1.62. The summed E-state index contributed by atoms with van der Waals surface area (Å²) in [5.41, 5.74) is 2.28. The standard InChI is InChI=1S/C23H26N2O4S/c1-4-27-18-13-17(14-19(28-5-2)22(18)29-6-3)23(26)25-15-16-9-7-11-24-21(16)20-10-8-12-30-20/h7-14H,4-6,15H2,1-3H3,(H,25,26). The number of aromatic nitrogens is 1. The Kier molecular flexibility index (Phi) is 7.68. The van der Waals surface area contributed by atoms with Gasteiger partial charge in [0.05, 0.1) is 30.4 Å². The molecule has 0 aliphatic rings. The molecular formula is C23H26N2O4S. The molecule has 0 radical (unpaired) electrons.